The summed E-state index contributed by atoms with van der Waals surface area (Å²) in [5.74, 6) is -1.48. The van der Waals surface area contributed by atoms with Gasteiger partial charge in [0.15, 0.2) is 0 Å². The zero-order valence-corrected chi connectivity index (χ0v) is 25.6. The van der Waals surface area contributed by atoms with Crippen molar-refractivity contribution < 1.29 is 105 Å². The van der Waals surface area contributed by atoms with Crippen LogP contribution >= 0.6 is 0 Å². The second kappa shape index (κ2) is 13.8. The Morgan fingerprint density at radius 1 is 0.769 bits per heavy atom. The third kappa shape index (κ3) is 8.56. The van der Waals surface area contributed by atoms with Gasteiger partial charge in [0.05, 0.1) is 27.0 Å². The van der Waals surface area contributed by atoms with Gasteiger partial charge in [-0.05, 0) is 30.3 Å². The second-order valence-corrected chi connectivity index (χ2v) is 9.69. The standard InChI is InChI=1S/C19H15N5O11S2.2Na/c25-9-13-18(22-20-10-1-3-11(4-2-10)24(28)29)15(26)8-16(27)19(13)23-21-14-7-12(36(30,31)32)5-6-17(14)37(33,34)35;;/h1-8,25-27H,9H2,(H,30,31,32)(H,33,34,35);;/q;2*+1/p-2. The molecule has 3 rings (SSSR count). The second-order valence-electron chi connectivity index (χ2n) is 6.96. The minimum absolute atomic E-state index is 0. The van der Waals surface area contributed by atoms with Crippen LogP contribution < -0.4 is 59.1 Å². The summed E-state index contributed by atoms with van der Waals surface area (Å²) >= 11 is 0. The van der Waals surface area contributed by atoms with Crippen LogP contribution in [-0.4, -0.2) is 46.2 Å². The van der Waals surface area contributed by atoms with E-state index in [0.717, 1.165) is 18.2 Å². The Morgan fingerprint density at radius 3 is 1.77 bits per heavy atom. The summed E-state index contributed by atoms with van der Waals surface area (Å²) in [7, 11) is -10.3. The minimum Gasteiger partial charge on any atom is -0.744 e. The molecule has 0 heterocycles. The molecule has 0 bridgehead atoms. The number of hydrogen-bond donors (Lipinski definition) is 3. The van der Waals surface area contributed by atoms with Gasteiger partial charge in [0.25, 0.3) is 5.69 Å². The molecule has 3 aromatic carbocycles. The summed E-state index contributed by atoms with van der Waals surface area (Å²) in [5.41, 5.74) is -2.38. The molecule has 0 aromatic heterocycles. The van der Waals surface area contributed by atoms with Gasteiger partial charge in [-0.2, -0.15) is 5.11 Å². The molecule has 0 aliphatic carbocycles. The number of aliphatic hydroxyl groups excluding tert-OH is 1. The Bertz CT molecular complexity index is 1660. The molecule has 0 spiro atoms. The quantitative estimate of drug-likeness (QED) is 0.0781. The van der Waals surface area contributed by atoms with Crippen LogP contribution in [0.15, 0.2) is 78.8 Å². The van der Waals surface area contributed by atoms with E-state index in [4.69, 9.17) is 0 Å². The zero-order valence-electron chi connectivity index (χ0n) is 20.0. The molecular formula is C19H13N5Na2O11S2. The van der Waals surface area contributed by atoms with E-state index in [0.29, 0.717) is 18.2 Å². The number of azo groups is 2. The van der Waals surface area contributed by atoms with Crippen molar-refractivity contribution >= 4 is 48.7 Å². The van der Waals surface area contributed by atoms with E-state index in [1.807, 2.05) is 0 Å². The largest absolute Gasteiger partial charge is 1.00 e. The van der Waals surface area contributed by atoms with Crippen molar-refractivity contribution in [2.75, 3.05) is 0 Å². The summed E-state index contributed by atoms with van der Waals surface area (Å²) in [6, 6.07) is 7.06. The zero-order chi connectivity index (χ0) is 27.5. The molecule has 0 amide bonds. The van der Waals surface area contributed by atoms with Crippen molar-refractivity contribution in [3.63, 3.8) is 0 Å². The molecule has 20 heteroatoms. The van der Waals surface area contributed by atoms with Gasteiger partial charge < -0.3 is 24.4 Å². The van der Waals surface area contributed by atoms with E-state index in [1.165, 1.54) is 12.1 Å². The van der Waals surface area contributed by atoms with Crippen molar-refractivity contribution in [2.45, 2.75) is 16.4 Å². The molecule has 0 atom stereocenters. The number of nitrogens with zero attached hydrogens (tertiary/aromatic N) is 5. The van der Waals surface area contributed by atoms with Gasteiger partial charge in [-0.15, -0.1) is 15.3 Å². The van der Waals surface area contributed by atoms with Crippen LogP contribution in [0.4, 0.5) is 28.4 Å². The number of nitro benzene ring substituents is 1. The van der Waals surface area contributed by atoms with E-state index in [9.17, 15) is 51.4 Å². The van der Waals surface area contributed by atoms with Crippen molar-refractivity contribution in [1.29, 1.82) is 0 Å². The minimum atomic E-state index is -5.22. The summed E-state index contributed by atoms with van der Waals surface area (Å²) in [6.07, 6.45) is 0. The van der Waals surface area contributed by atoms with E-state index < -0.39 is 70.1 Å². The van der Waals surface area contributed by atoms with Gasteiger partial charge in [0.2, 0.25) is 0 Å². The number of non-ortho nitro benzene ring substituents is 1. The number of nitro groups is 1. The first-order valence-electron chi connectivity index (χ1n) is 9.55. The summed E-state index contributed by atoms with van der Waals surface area (Å²) in [5, 5.41) is 55.5. The van der Waals surface area contributed by atoms with E-state index in [1.54, 1.807) is 0 Å². The fourth-order valence-corrected chi connectivity index (χ4v) is 3.94. The Labute approximate surface area is 264 Å². The molecular weight excluding hydrogens is 584 g/mol. The number of hydrogen-bond acceptors (Lipinski definition) is 15. The van der Waals surface area contributed by atoms with Gasteiger partial charge in [-0.25, -0.2) is 16.8 Å². The molecule has 3 N–H and O–H groups in total. The van der Waals surface area contributed by atoms with E-state index in [-0.39, 0.29) is 76.1 Å². The number of benzene rings is 3. The molecule has 194 valence electrons. The van der Waals surface area contributed by atoms with Gasteiger partial charge in [0, 0.05) is 23.8 Å². The first-order chi connectivity index (χ1) is 17.2. The summed E-state index contributed by atoms with van der Waals surface area (Å²) < 4.78 is 68.4. The van der Waals surface area contributed by atoms with Gasteiger partial charge in [-0.3, -0.25) is 10.1 Å². The third-order valence-electron chi connectivity index (χ3n) is 4.56. The predicted octanol–water partition coefficient (Wildman–Crippen LogP) is -2.85. The molecule has 39 heavy (non-hydrogen) atoms. The van der Waals surface area contributed by atoms with Crippen molar-refractivity contribution in [1.82, 2.24) is 0 Å². The van der Waals surface area contributed by atoms with Crippen LogP contribution in [0.25, 0.3) is 0 Å². The van der Waals surface area contributed by atoms with Crippen LogP contribution in [0.1, 0.15) is 5.56 Å². The van der Waals surface area contributed by atoms with Gasteiger partial charge in [-0.1, -0.05) is 0 Å². The van der Waals surface area contributed by atoms with Crippen LogP contribution in [0.3, 0.4) is 0 Å². The summed E-state index contributed by atoms with van der Waals surface area (Å²) in [6.45, 7) is -0.938. The number of phenolic OH excluding ortho intramolecular Hbond substituents is 2. The number of rotatable bonds is 8. The molecule has 3 aromatic rings. The molecule has 16 nitrogen and oxygen atoms in total. The van der Waals surface area contributed by atoms with Crippen LogP contribution in [0.2, 0.25) is 0 Å². The molecule has 0 aliphatic heterocycles. The molecule has 0 saturated carbocycles. The van der Waals surface area contributed by atoms with Crippen LogP contribution in [-0.2, 0) is 26.8 Å². The van der Waals surface area contributed by atoms with Gasteiger partial charge >= 0.3 is 59.1 Å². The number of aliphatic hydroxyl groups is 1. The Hall–Kier alpha value is -2.36. The van der Waals surface area contributed by atoms with Crippen LogP contribution in [0, 0.1) is 10.1 Å². The van der Waals surface area contributed by atoms with Crippen molar-refractivity contribution in [2.24, 2.45) is 20.5 Å². The maximum Gasteiger partial charge on any atom is 1.00 e. The maximum atomic E-state index is 11.5. The Kier molecular flexibility index (Phi) is 12.3. The molecule has 0 aliphatic rings. The average molecular weight is 597 g/mol. The van der Waals surface area contributed by atoms with Crippen LogP contribution in [0.5, 0.6) is 11.5 Å². The summed E-state index contributed by atoms with van der Waals surface area (Å²) in [4.78, 5) is 8.15. The fourth-order valence-electron chi connectivity index (χ4n) is 2.86. The predicted molar refractivity (Wildman–Crippen MR) is 120 cm³/mol. The molecule has 0 fully saturated rings. The first-order valence-corrected chi connectivity index (χ1v) is 12.4. The normalized spacial score (nSPS) is 11.8. The first kappa shape index (κ1) is 34.7. The monoisotopic (exact) mass is 597 g/mol. The maximum absolute atomic E-state index is 11.5. The van der Waals surface area contributed by atoms with E-state index in [2.05, 4.69) is 20.5 Å². The molecule has 0 saturated heterocycles. The van der Waals surface area contributed by atoms with Crippen molar-refractivity contribution in [3.8, 4) is 11.5 Å². The van der Waals surface area contributed by atoms with Gasteiger partial charge in [0.1, 0.15) is 48.8 Å². The third-order valence-corrected chi connectivity index (χ3v) is 6.28. The topological polar surface area (TPSA) is 268 Å². The van der Waals surface area contributed by atoms with E-state index >= 15 is 0 Å². The average Bonchev–Trinajstić information content (AvgIpc) is 2.81. The number of phenols is 2. The molecule has 0 radical (unpaired) electrons. The Morgan fingerprint density at radius 2 is 1.31 bits per heavy atom. The Balaban J connectivity index is 0.00000380. The molecule has 0 unspecified atom stereocenters. The fraction of sp³-hybridized carbons (Fsp3) is 0.0526. The number of aromatic hydroxyl groups is 2. The van der Waals surface area contributed by atoms with Crippen molar-refractivity contribution in [3.05, 3.63) is 64.2 Å². The smallest absolute Gasteiger partial charge is 0.744 e. The SMILES string of the molecule is O=[N+]([O-])c1ccc(N=Nc2c(O)cc(O)c(N=Nc3cc(S(=O)(=O)[O-])ccc3S(=O)(=O)[O-])c2CO)cc1.[Na+].[Na+].